The third-order valence-corrected chi connectivity index (χ3v) is 2.62. The Morgan fingerprint density at radius 1 is 0.950 bits per heavy atom. The molecule has 0 unspecified atom stereocenters. The van der Waals surface area contributed by atoms with Gasteiger partial charge in [-0.15, -0.1) is 0 Å². The molecule has 0 aromatic carbocycles. The molecule has 0 aliphatic heterocycles. The van der Waals surface area contributed by atoms with Crippen molar-refractivity contribution in [3.8, 4) is 0 Å². The predicted octanol–water partition coefficient (Wildman–Crippen LogP) is 0.206. The lowest BCUT2D eigenvalue weighted by Gasteiger charge is -2.08. The summed E-state index contributed by atoms with van der Waals surface area (Å²) in [7, 11) is 2.28. The number of hydrogen-bond donors (Lipinski definition) is 0. The molecule has 6 nitrogen and oxygen atoms in total. The molecular weight excluding hydrogens is 262 g/mol. The Bertz CT molecular complexity index is 530. The molecule has 1 aromatic rings. The molecule has 0 atom stereocenters. The summed E-state index contributed by atoms with van der Waals surface area (Å²) in [4.78, 5) is 35.2. The molecule has 0 aliphatic carbocycles. The molecule has 1 aromatic heterocycles. The summed E-state index contributed by atoms with van der Waals surface area (Å²) in [6, 6.07) is 5.36. The molecule has 0 radical (unpaired) electrons. The standard InChI is InChI=1S/C14H16NO5/c1-10(16)11(9-15-7-5-4-6-8-15)12(13(17)19-2)14(18)20-3/h4-8H,9H2,1-3H3/q+1. The van der Waals surface area contributed by atoms with Crippen molar-refractivity contribution in [1.82, 2.24) is 0 Å². The largest absolute Gasteiger partial charge is 0.465 e. The number of Topliss-reactive ketones (excluding diaryl/α,β-unsaturated/α-hetero) is 1. The topological polar surface area (TPSA) is 73.6 Å². The van der Waals surface area contributed by atoms with E-state index in [9.17, 15) is 14.4 Å². The van der Waals surface area contributed by atoms with Crippen molar-refractivity contribution in [2.24, 2.45) is 0 Å². The number of carbonyl (C=O) groups excluding carboxylic acids is 3. The van der Waals surface area contributed by atoms with E-state index in [2.05, 4.69) is 9.47 Å². The van der Waals surface area contributed by atoms with Gasteiger partial charge >= 0.3 is 11.9 Å². The van der Waals surface area contributed by atoms with Crippen molar-refractivity contribution >= 4 is 17.7 Å². The lowest BCUT2D eigenvalue weighted by atomic mass is 10.0. The van der Waals surface area contributed by atoms with E-state index in [-0.39, 0.29) is 17.7 Å². The summed E-state index contributed by atoms with van der Waals surface area (Å²) in [6.07, 6.45) is 3.43. The van der Waals surface area contributed by atoms with Gasteiger partial charge < -0.3 is 9.47 Å². The van der Waals surface area contributed by atoms with E-state index >= 15 is 0 Å². The zero-order valence-corrected chi connectivity index (χ0v) is 11.6. The van der Waals surface area contributed by atoms with Crippen molar-refractivity contribution in [2.75, 3.05) is 14.2 Å². The fraction of sp³-hybridized carbons (Fsp3) is 0.286. The number of esters is 2. The van der Waals surface area contributed by atoms with Gasteiger partial charge in [-0.25, -0.2) is 14.2 Å². The third kappa shape index (κ3) is 3.74. The first-order chi connectivity index (χ1) is 9.51. The zero-order valence-electron chi connectivity index (χ0n) is 11.6. The van der Waals surface area contributed by atoms with Gasteiger partial charge in [0.25, 0.3) is 0 Å². The number of carbonyl (C=O) groups is 3. The van der Waals surface area contributed by atoms with Gasteiger partial charge in [0.2, 0.25) is 0 Å². The second-order valence-corrected chi connectivity index (χ2v) is 3.94. The van der Waals surface area contributed by atoms with Crippen LogP contribution in [-0.2, 0) is 30.4 Å². The highest BCUT2D eigenvalue weighted by molar-refractivity contribution is 6.19. The van der Waals surface area contributed by atoms with Crippen LogP contribution >= 0.6 is 0 Å². The number of hydrogen-bond acceptors (Lipinski definition) is 5. The van der Waals surface area contributed by atoms with E-state index in [0.29, 0.717) is 0 Å². The number of methoxy groups -OCH3 is 2. The number of rotatable bonds is 5. The van der Waals surface area contributed by atoms with E-state index in [1.807, 2.05) is 6.07 Å². The lowest BCUT2D eigenvalue weighted by Crippen LogP contribution is -2.36. The third-order valence-electron chi connectivity index (χ3n) is 2.62. The Labute approximate surface area is 116 Å². The van der Waals surface area contributed by atoms with Crippen LogP contribution in [0.5, 0.6) is 0 Å². The first-order valence-corrected chi connectivity index (χ1v) is 5.86. The molecule has 0 spiro atoms. The Morgan fingerprint density at radius 2 is 1.45 bits per heavy atom. The molecular formula is C14H16NO5+. The van der Waals surface area contributed by atoms with Crippen molar-refractivity contribution in [2.45, 2.75) is 13.5 Å². The summed E-state index contributed by atoms with van der Waals surface area (Å²) in [6.45, 7) is 1.36. The molecule has 0 bridgehead atoms. The van der Waals surface area contributed by atoms with Gasteiger partial charge in [0, 0.05) is 12.1 Å². The Kier molecular flexibility index (Phi) is 5.58. The molecule has 20 heavy (non-hydrogen) atoms. The van der Waals surface area contributed by atoms with Crippen LogP contribution in [0.1, 0.15) is 6.92 Å². The normalized spacial score (nSPS) is 9.55. The minimum absolute atomic E-state index is 0.0416. The summed E-state index contributed by atoms with van der Waals surface area (Å²) < 4.78 is 10.8. The minimum Gasteiger partial charge on any atom is -0.465 e. The van der Waals surface area contributed by atoms with Gasteiger partial charge in [-0.1, -0.05) is 6.07 Å². The Hall–Kier alpha value is -2.50. The molecule has 0 aliphatic rings. The van der Waals surface area contributed by atoms with E-state index in [0.717, 1.165) is 14.2 Å². The molecule has 0 saturated carbocycles. The average Bonchev–Trinajstić information content (AvgIpc) is 2.46. The monoisotopic (exact) mass is 278 g/mol. The second-order valence-electron chi connectivity index (χ2n) is 3.94. The first kappa shape index (κ1) is 15.6. The second kappa shape index (κ2) is 7.18. The fourth-order valence-corrected chi connectivity index (χ4v) is 1.62. The van der Waals surface area contributed by atoms with Gasteiger partial charge in [-0.05, 0) is 6.92 Å². The van der Waals surface area contributed by atoms with Crippen molar-refractivity contribution in [3.05, 3.63) is 41.7 Å². The van der Waals surface area contributed by atoms with Crippen LogP contribution < -0.4 is 4.57 Å². The van der Waals surface area contributed by atoms with Gasteiger partial charge in [0.15, 0.2) is 30.3 Å². The number of allylic oxidation sites excluding steroid dienone is 1. The quantitative estimate of drug-likeness (QED) is 0.253. The van der Waals surface area contributed by atoms with E-state index in [4.69, 9.17) is 0 Å². The van der Waals surface area contributed by atoms with E-state index in [1.54, 1.807) is 29.1 Å². The molecule has 0 amide bonds. The highest BCUT2D eigenvalue weighted by Crippen LogP contribution is 2.11. The Balaban J connectivity index is 3.31. The molecule has 106 valence electrons. The maximum Gasteiger partial charge on any atom is 0.345 e. The van der Waals surface area contributed by atoms with Crippen molar-refractivity contribution < 1.29 is 28.4 Å². The number of nitrogens with zero attached hydrogens (tertiary/aromatic N) is 1. The molecule has 0 fully saturated rings. The van der Waals surface area contributed by atoms with E-state index < -0.39 is 17.7 Å². The lowest BCUT2D eigenvalue weighted by molar-refractivity contribution is -0.688. The number of ketones is 1. The summed E-state index contributed by atoms with van der Waals surface area (Å²) >= 11 is 0. The average molecular weight is 278 g/mol. The smallest absolute Gasteiger partial charge is 0.345 e. The molecule has 0 N–H and O–H groups in total. The van der Waals surface area contributed by atoms with Crippen LogP contribution in [0.15, 0.2) is 41.7 Å². The molecule has 6 heteroatoms. The Morgan fingerprint density at radius 3 is 1.85 bits per heavy atom. The first-order valence-electron chi connectivity index (χ1n) is 5.86. The van der Waals surface area contributed by atoms with Crippen LogP contribution in [-0.4, -0.2) is 31.9 Å². The van der Waals surface area contributed by atoms with Crippen LogP contribution in [0, 0.1) is 0 Å². The van der Waals surface area contributed by atoms with Crippen LogP contribution in [0.3, 0.4) is 0 Å². The van der Waals surface area contributed by atoms with Crippen LogP contribution in [0.4, 0.5) is 0 Å². The van der Waals surface area contributed by atoms with Gasteiger partial charge in [-0.2, -0.15) is 0 Å². The highest BCUT2D eigenvalue weighted by Gasteiger charge is 2.29. The maximum atomic E-state index is 11.7. The van der Waals surface area contributed by atoms with Gasteiger partial charge in [0.1, 0.15) is 0 Å². The zero-order chi connectivity index (χ0) is 15.1. The number of pyridine rings is 1. The summed E-state index contributed by atoms with van der Waals surface area (Å²) in [5.41, 5.74) is -0.334. The molecule has 0 saturated heterocycles. The van der Waals surface area contributed by atoms with E-state index in [1.165, 1.54) is 6.92 Å². The van der Waals surface area contributed by atoms with Crippen molar-refractivity contribution in [1.29, 1.82) is 0 Å². The number of aromatic nitrogens is 1. The summed E-state index contributed by atoms with van der Waals surface area (Å²) in [5.74, 6) is -2.18. The van der Waals surface area contributed by atoms with Gasteiger partial charge in [-0.3, -0.25) is 4.79 Å². The maximum absolute atomic E-state index is 11.7. The van der Waals surface area contributed by atoms with Crippen LogP contribution in [0.2, 0.25) is 0 Å². The molecule has 1 heterocycles. The number of ether oxygens (including phenoxy) is 2. The van der Waals surface area contributed by atoms with Gasteiger partial charge in [0.05, 0.1) is 19.8 Å². The minimum atomic E-state index is -0.890. The summed E-state index contributed by atoms with van der Waals surface area (Å²) in [5, 5.41) is 0. The fourth-order valence-electron chi connectivity index (χ4n) is 1.62. The van der Waals surface area contributed by atoms with Crippen LogP contribution in [0.25, 0.3) is 0 Å². The van der Waals surface area contributed by atoms with Crippen molar-refractivity contribution in [3.63, 3.8) is 0 Å². The highest BCUT2D eigenvalue weighted by atomic mass is 16.5. The SMILES string of the molecule is COC(=O)C(C(=O)OC)=C(C[n+]1ccccc1)C(C)=O. The molecule has 1 rings (SSSR count). The predicted molar refractivity (Wildman–Crippen MR) is 68.4 cm³/mol.